The quantitative estimate of drug-likeness (QED) is 0.141. The van der Waals surface area contributed by atoms with Crippen LogP contribution in [-0.2, 0) is 4.79 Å². The van der Waals surface area contributed by atoms with Crippen molar-refractivity contribution in [1.82, 2.24) is 0 Å². The van der Waals surface area contributed by atoms with E-state index in [1.165, 1.54) is 0 Å². The molecule has 0 aliphatic rings. The molecule has 0 bridgehead atoms. The molecule has 0 aliphatic carbocycles. The number of hydrogen-bond acceptors (Lipinski definition) is 10. The molecule has 11 nitrogen and oxygen atoms in total. The zero-order valence-electron chi connectivity index (χ0n) is 13.2. The van der Waals surface area contributed by atoms with E-state index in [-0.39, 0.29) is 0 Å². The van der Waals surface area contributed by atoms with Crippen molar-refractivity contribution in [3.05, 3.63) is 12.3 Å². The molecule has 0 amide bonds. The van der Waals surface area contributed by atoms with Crippen molar-refractivity contribution in [2.45, 2.75) is 0 Å². The molecule has 146 valence electrons. The van der Waals surface area contributed by atoms with Crippen molar-refractivity contribution in [3.8, 4) is 0 Å². The molecule has 0 aromatic heterocycles. The minimum atomic E-state index is -1.14. The molecular weight excluding hydrogens is 332 g/mol. The highest BCUT2D eigenvalue weighted by Crippen LogP contribution is 2.12. The summed E-state index contributed by atoms with van der Waals surface area (Å²) in [6.45, 7) is -3.25. The summed E-state index contributed by atoms with van der Waals surface area (Å²) in [4.78, 5) is 9.35. The van der Waals surface area contributed by atoms with Crippen LogP contribution in [0, 0.1) is 10.8 Å². The predicted molar refractivity (Wildman–Crippen MR) is 81.0 cm³/mol. The molecule has 0 radical (unpaired) electrons. The van der Waals surface area contributed by atoms with Crippen LogP contribution in [0.25, 0.3) is 0 Å². The Morgan fingerprint density at radius 1 is 0.625 bits per heavy atom. The zero-order valence-corrected chi connectivity index (χ0v) is 13.2. The monoisotopic (exact) mass is 360 g/mol. The Balaban J connectivity index is -0.000000282. The van der Waals surface area contributed by atoms with Gasteiger partial charge in [0.1, 0.15) is 0 Å². The van der Waals surface area contributed by atoms with Crippen LogP contribution in [0.1, 0.15) is 0 Å². The summed E-state index contributed by atoms with van der Waals surface area (Å²) in [7, 11) is 0. The lowest BCUT2D eigenvalue weighted by atomic mass is 9.93. The second-order valence-corrected chi connectivity index (χ2v) is 4.92. The third kappa shape index (κ3) is 12.2. The number of aliphatic hydroxyl groups is 9. The van der Waals surface area contributed by atoms with Crippen molar-refractivity contribution in [2.24, 2.45) is 10.8 Å². The Hall–Kier alpha value is -1.31. The van der Waals surface area contributed by atoms with Gasteiger partial charge in [0.25, 0.3) is 0 Å². The molecule has 0 unspecified atom stereocenters. The summed E-state index contributed by atoms with van der Waals surface area (Å²) in [6.07, 6.45) is 1.11. The lowest BCUT2D eigenvalue weighted by Crippen LogP contribution is -2.37. The summed E-state index contributed by atoms with van der Waals surface area (Å²) in [6, 6.07) is 0. The van der Waals surface area contributed by atoms with Crippen LogP contribution in [0.15, 0.2) is 12.3 Å². The topological polar surface area (TPSA) is 219 Å². The first-order chi connectivity index (χ1) is 11.3. The van der Waals surface area contributed by atoms with E-state index in [1.807, 2.05) is 0 Å². The molecule has 0 fully saturated rings. The van der Waals surface area contributed by atoms with Crippen LogP contribution in [0.2, 0.25) is 0 Å². The fourth-order valence-electron chi connectivity index (χ4n) is 0.664. The summed E-state index contributed by atoms with van der Waals surface area (Å²) in [5.41, 5.74) is -2.22. The Bertz CT molecular complexity index is 256. The van der Waals surface area contributed by atoms with Crippen molar-refractivity contribution in [3.63, 3.8) is 0 Å². The van der Waals surface area contributed by atoms with E-state index >= 15 is 0 Å². The fourth-order valence-corrected chi connectivity index (χ4v) is 0.664. The van der Waals surface area contributed by atoms with Gasteiger partial charge in [-0.15, -0.1) is 0 Å². The maximum atomic E-state index is 9.35. The van der Waals surface area contributed by atoms with Crippen LogP contribution < -0.4 is 0 Å². The molecule has 0 saturated carbocycles. The van der Waals surface area contributed by atoms with Gasteiger partial charge in [0.15, 0.2) is 0 Å². The molecule has 0 rings (SSSR count). The number of hydrogen-bond donors (Lipinski definition) is 10. The number of carboxylic acid groups (broad SMARTS) is 1. The van der Waals surface area contributed by atoms with Crippen molar-refractivity contribution >= 4 is 5.97 Å². The average molecular weight is 360 g/mol. The molecular formula is C13H28O11. The van der Waals surface area contributed by atoms with E-state index in [4.69, 9.17) is 51.1 Å². The SMILES string of the molecule is O=C(O)C=CO.OCC(CO)(CO)CO.OCC(CO)(CO)CO. The number of carbonyl (C=O) groups is 1. The highest BCUT2D eigenvalue weighted by Gasteiger charge is 2.27. The first-order valence-electron chi connectivity index (χ1n) is 6.67. The van der Waals surface area contributed by atoms with Crippen molar-refractivity contribution < 1.29 is 55.9 Å². The second kappa shape index (κ2) is 16.5. The van der Waals surface area contributed by atoms with Crippen LogP contribution in [0.3, 0.4) is 0 Å². The fraction of sp³-hybridized carbons (Fsp3) is 0.769. The lowest BCUT2D eigenvalue weighted by Gasteiger charge is -2.23. The largest absolute Gasteiger partial charge is 0.515 e. The predicted octanol–water partition coefficient (Wildman–Crippen LogP) is -3.97. The third-order valence-electron chi connectivity index (χ3n) is 2.90. The van der Waals surface area contributed by atoms with Gasteiger partial charge < -0.3 is 51.1 Å². The highest BCUT2D eigenvalue weighted by atomic mass is 16.4. The minimum Gasteiger partial charge on any atom is -0.515 e. The van der Waals surface area contributed by atoms with Crippen molar-refractivity contribution in [1.29, 1.82) is 0 Å². The Morgan fingerprint density at radius 3 is 0.833 bits per heavy atom. The first kappa shape index (κ1) is 27.5. The molecule has 0 saturated heterocycles. The van der Waals surface area contributed by atoms with Crippen LogP contribution in [0.4, 0.5) is 0 Å². The average Bonchev–Trinajstić information content (AvgIpc) is 2.61. The smallest absolute Gasteiger partial charge is 0.331 e. The van der Waals surface area contributed by atoms with E-state index in [2.05, 4.69) is 0 Å². The van der Waals surface area contributed by atoms with E-state index in [0.717, 1.165) is 0 Å². The number of aliphatic carboxylic acids is 1. The minimum absolute atomic E-state index is 0.406. The molecule has 0 atom stereocenters. The van der Waals surface area contributed by atoms with E-state index < -0.39 is 69.7 Å². The molecule has 0 aromatic carbocycles. The normalized spacial score (nSPS) is 11.3. The van der Waals surface area contributed by atoms with E-state index in [9.17, 15) is 4.79 Å². The second-order valence-electron chi connectivity index (χ2n) is 4.92. The first-order valence-corrected chi connectivity index (χ1v) is 6.67. The van der Waals surface area contributed by atoms with Crippen LogP contribution >= 0.6 is 0 Å². The Kier molecular flexibility index (Phi) is 19.0. The van der Waals surface area contributed by atoms with Gasteiger partial charge in [-0.3, -0.25) is 0 Å². The lowest BCUT2D eigenvalue weighted by molar-refractivity contribution is -0.131. The molecule has 11 heteroatoms. The van der Waals surface area contributed by atoms with Gasteiger partial charge in [0.05, 0.1) is 76.0 Å². The highest BCUT2D eigenvalue weighted by molar-refractivity contribution is 5.79. The van der Waals surface area contributed by atoms with Gasteiger partial charge >= 0.3 is 5.97 Å². The maximum Gasteiger partial charge on any atom is 0.331 e. The molecule has 24 heavy (non-hydrogen) atoms. The maximum absolute atomic E-state index is 9.35. The molecule has 0 spiro atoms. The van der Waals surface area contributed by atoms with Gasteiger partial charge in [-0.05, 0) is 0 Å². The molecule has 0 aromatic rings. The van der Waals surface area contributed by atoms with Crippen molar-refractivity contribution in [2.75, 3.05) is 52.9 Å². The van der Waals surface area contributed by atoms with Gasteiger partial charge in [0, 0.05) is 0 Å². The number of aliphatic hydroxyl groups excluding tert-OH is 9. The van der Waals surface area contributed by atoms with E-state index in [1.54, 1.807) is 0 Å². The summed E-state index contributed by atoms with van der Waals surface area (Å²) in [5, 5.41) is 83.3. The van der Waals surface area contributed by atoms with Gasteiger partial charge in [0.2, 0.25) is 0 Å². The van der Waals surface area contributed by atoms with Gasteiger partial charge in [-0.1, -0.05) is 0 Å². The zero-order chi connectivity index (χ0) is 19.6. The molecule has 0 heterocycles. The number of rotatable bonds is 9. The third-order valence-corrected chi connectivity index (χ3v) is 2.90. The van der Waals surface area contributed by atoms with Crippen LogP contribution in [0.5, 0.6) is 0 Å². The summed E-state index contributed by atoms with van der Waals surface area (Å²) >= 11 is 0. The van der Waals surface area contributed by atoms with Gasteiger partial charge in [-0.25, -0.2) is 4.79 Å². The Morgan fingerprint density at radius 2 is 0.833 bits per heavy atom. The summed E-state index contributed by atoms with van der Waals surface area (Å²) in [5.74, 6) is -1.14. The summed E-state index contributed by atoms with van der Waals surface area (Å²) < 4.78 is 0. The number of carboxylic acids is 1. The van der Waals surface area contributed by atoms with Gasteiger partial charge in [-0.2, -0.15) is 0 Å². The standard InChI is InChI=1S/2C5H12O4.C3H4O3/c2*6-1-5(2-7,3-8)4-9;4-2-1-3(5)6/h2*6-9H,1-4H2;1-2,4H,(H,5,6). The molecule has 0 aliphatic heterocycles. The van der Waals surface area contributed by atoms with Crippen LogP contribution in [-0.4, -0.2) is 110 Å². The Labute approximate surface area is 139 Å². The molecule has 10 N–H and O–H groups in total. The van der Waals surface area contributed by atoms with E-state index in [0.29, 0.717) is 12.3 Å².